The maximum Gasteiger partial charge on any atom is 0.401 e. The minimum atomic E-state index is -4.38. The van der Waals surface area contributed by atoms with Gasteiger partial charge in [0.1, 0.15) is 6.04 Å². The van der Waals surface area contributed by atoms with Crippen molar-refractivity contribution in [2.45, 2.75) is 18.6 Å². The molecule has 0 saturated carbocycles. The number of rotatable bonds is 4. The highest BCUT2D eigenvalue weighted by Gasteiger charge is 2.28. The average Bonchev–Trinajstić information content (AvgIpc) is 2.10. The zero-order valence-electron chi connectivity index (χ0n) is 8.43. The molecule has 0 radical (unpaired) electrons. The summed E-state index contributed by atoms with van der Waals surface area (Å²) >= 11 is 0. The lowest BCUT2D eigenvalue weighted by Crippen LogP contribution is -2.39. The second-order valence-electron chi connectivity index (χ2n) is 3.17. The molecule has 1 atom stereocenters. The number of nitrogens with zero attached hydrogens (tertiary/aromatic N) is 2. The number of carbonyl (C=O) groups is 1. The summed E-state index contributed by atoms with van der Waals surface area (Å²) in [7, 11) is 2.95. The van der Waals surface area contributed by atoms with Crippen LogP contribution in [0.4, 0.5) is 13.2 Å². The molecule has 0 fully saturated rings. The van der Waals surface area contributed by atoms with E-state index < -0.39 is 24.7 Å². The Morgan fingerprint density at radius 1 is 1.53 bits per heavy atom. The van der Waals surface area contributed by atoms with Crippen molar-refractivity contribution < 1.29 is 18.0 Å². The van der Waals surface area contributed by atoms with Gasteiger partial charge in [-0.2, -0.15) is 18.4 Å². The molecule has 1 N–H and O–H groups in total. The van der Waals surface area contributed by atoms with Crippen molar-refractivity contribution in [3.8, 4) is 6.07 Å². The van der Waals surface area contributed by atoms with Crippen molar-refractivity contribution in [3.63, 3.8) is 0 Å². The van der Waals surface area contributed by atoms with Crippen LogP contribution in [0.1, 0.15) is 6.42 Å². The number of alkyl halides is 3. The minimum absolute atomic E-state index is 0.264. The third-order valence-corrected chi connectivity index (χ3v) is 1.58. The van der Waals surface area contributed by atoms with Crippen molar-refractivity contribution >= 4 is 5.91 Å². The molecule has 1 amide bonds. The van der Waals surface area contributed by atoms with Crippen molar-refractivity contribution in [1.82, 2.24) is 10.2 Å². The molecule has 0 saturated heterocycles. The molecular weight excluding hydrogens is 211 g/mol. The predicted octanol–water partition coefficient (Wildman–Crippen LogP) is 0.509. The Morgan fingerprint density at radius 2 is 2.07 bits per heavy atom. The fourth-order valence-corrected chi connectivity index (χ4v) is 0.760. The summed E-state index contributed by atoms with van der Waals surface area (Å²) < 4.78 is 35.3. The van der Waals surface area contributed by atoms with E-state index in [1.807, 2.05) is 5.32 Å². The molecule has 0 aliphatic rings. The summed E-state index contributed by atoms with van der Waals surface area (Å²) in [5.74, 6) is -0.392. The van der Waals surface area contributed by atoms with E-state index in [1.54, 1.807) is 6.07 Å². The van der Waals surface area contributed by atoms with Crippen LogP contribution in [0.5, 0.6) is 0 Å². The molecule has 0 aromatic carbocycles. The Morgan fingerprint density at radius 3 is 2.40 bits per heavy atom. The van der Waals surface area contributed by atoms with Crippen molar-refractivity contribution in [2.75, 3.05) is 20.6 Å². The average molecular weight is 223 g/mol. The van der Waals surface area contributed by atoms with E-state index >= 15 is 0 Å². The van der Waals surface area contributed by atoms with Crippen LogP contribution in [0.2, 0.25) is 0 Å². The molecule has 0 aromatic heterocycles. The number of amides is 1. The van der Waals surface area contributed by atoms with Crippen LogP contribution in [-0.2, 0) is 4.79 Å². The molecule has 86 valence electrons. The van der Waals surface area contributed by atoms with Crippen LogP contribution in [-0.4, -0.2) is 43.7 Å². The maximum absolute atomic E-state index is 11.8. The Balaban J connectivity index is 4.07. The monoisotopic (exact) mass is 223 g/mol. The van der Waals surface area contributed by atoms with E-state index in [1.165, 1.54) is 19.0 Å². The maximum atomic E-state index is 11.8. The fraction of sp³-hybridized carbons (Fsp3) is 0.750. The zero-order valence-corrected chi connectivity index (χ0v) is 8.43. The summed E-state index contributed by atoms with van der Waals surface area (Å²) in [6.45, 7) is -1.27. The molecule has 0 aromatic rings. The molecule has 0 spiro atoms. The summed E-state index contributed by atoms with van der Waals surface area (Å²) in [6, 6.07) is 0.492. The van der Waals surface area contributed by atoms with E-state index in [0.717, 1.165) is 0 Å². The molecule has 0 aliphatic carbocycles. The van der Waals surface area contributed by atoms with Crippen LogP contribution in [0.15, 0.2) is 0 Å². The van der Waals surface area contributed by atoms with E-state index in [2.05, 4.69) is 0 Å². The fourth-order valence-electron chi connectivity index (χ4n) is 0.760. The van der Waals surface area contributed by atoms with Crippen LogP contribution in [0.25, 0.3) is 0 Å². The van der Waals surface area contributed by atoms with Gasteiger partial charge in [0.25, 0.3) is 0 Å². The second kappa shape index (κ2) is 5.56. The first-order valence-electron chi connectivity index (χ1n) is 4.16. The van der Waals surface area contributed by atoms with E-state index in [9.17, 15) is 18.0 Å². The van der Waals surface area contributed by atoms with Gasteiger partial charge in [-0.3, -0.25) is 10.1 Å². The molecule has 7 heteroatoms. The van der Waals surface area contributed by atoms with Gasteiger partial charge in [-0.1, -0.05) is 0 Å². The van der Waals surface area contributed by atoms with Crippen molar-refractivity contribution in [2.24, 2.45) is 0 Å². The van der Waals surface area contributed by atoms with Crippen LogP contribution in [0, 0.1) is 11.3 Å². The summed E-state index contributed by atoms with van der Waals surface area (Å²) in [5.41, 5.74) is 0. The highest BCUT2D eigenvalue weighted by Crippen LogP contribution is 2.12. The van der Waals surface area contributed by atoms with Gasteiger partial charge in [-0.15, -0.1) is 0 Å². The van der Waals surface area contributed by atoms with Crippen LogP contribution in [0.3, 0.4) is 0 Å². The minimum Gasteiger partial charge on any atom is -0.349 e. The first-order chi connectivity index (χ1) is 6.76. The van der Waals surface area contributed by atoms with Crippen LogP contribution >= 0.6 is 0 Å². The van der Waals surface area contributed by atoms with E-state index in [-0.39, 0.29) is 6.42 Å². The first kappa shape index (κ1) is 13.7. The molecular formula is C8H12F3N3O. The van der Waals surface area contributed by atoms with Gasteiger partial charge in [-0.25, -0.2) is 0 Å². The molecule has 0 heterocycles. The number of carbonyl (C=O) groups excluding carboxylic acids is 1. The summed E-state index contributed by atoms with van der Waals surface area (Å²) in [6.07, 6.45) is -4.64. The molecule has 0 bridgehead atoms. The van der Waals surface area contributed by atoms with Gasteiger partial charge in [0.05, 0.1) is 19.0 Å². The predicted molar refractivity (Wildman–Crippen MR) is 46.8 cm³/mol. The largest absolute Gasteiger partial charge is 0.401 e. The number of nitrogens with one attached hydrogen (secondary N) is 1. The molecule has 1 unspecified atom stereocenters. The Bertz CT molecular complexity index is 257. The number of hydrogen-bond donors (Lipinski definition) is 1. The second-order valence-corrected chi connectivity index (χ2v) is 3.17. The Kier molecular flexibility index (Phi) is 5.08. The first-order valence-corrected chi connectivity index (χ1v) is 4.16. The molecule has 15 heavy (non-hydrogen) atoms. The van der Waals surface area contributed by atoms with Gasteiger partial charge in [0, 0.05) is 14.1 Å². The normalized spacial score (nSPS) is 13.1. The Labute approximate surface area is 85.7 Å². The lowest BCUT2D eigenvalue weighted by molar-refractivity contribution is -0.132. The Hall–Kier alpha value is -1.29. The lowest BCUT2D eigenvalue weighted by Gasteiger charge is -2.15. The van der Waals surface area contributed by atoms with Gasteiger partial charge in [-0.05, 0) is 0 Å². The van der Waals surface area contributed by atoms with Crippen LogP contribution < -0.4 is 5.32 Å². The van der Waals surface area contributed by atoms with Gasteiger partial charge >= 0.3 is 6.18 Å². The van der Waals surface area contributed by atoms with E-state index in [0.29, 0.717) is 0 Å². The van der Waals surface area contributed by atoms with Gasteiger partial charge in [0.2, 0.25) is 5.91 Å². The third kappa shape index (κ3) is 6.74. The van der Waals surface area contributed by atoms with Crippen molar-refractivity contribution in [3.05, 3.63) is 0 Å². The van der Waals surface area contributed by atoms with Crippen molar-refractivity contribution in [1.29, 1.82) is 5.26 Å². The summed E-state index contributed by atoms with van der Waals surface area (Å²) in [5, 5.41) is 10.5. The zero-order chi connectivity index (χ0) is 12.1. The van der Waals surface area contributed by atoms with Gasteiger partial charge in [0.15, 0.2) is 0 Å². The number of halogens is 3. The summed E-state index contributed by atoms with van der Waals surface area (Å²) in [4.78, 5) is 12.3. The van der Waals surface area contributed by atoms with E-state index in [4.69, 9.17) is 5.26 Å². The standard InChI is InChI=1S/C8H12F3N3O/c1-14(2)7(15)3-6(4-12)13-5-8(9,10)11/h6,13H,3,5H2,1-2H3. The lowest BCUT2D eigenvalue weighted by atomic mass is 10.2. The quantitative estimate of drug-likeness (QED) is 0.755. The molecule has 0 rings (SSSR count). The smallest absolute Gasteiger partial charge is 0.349 e. The van der Waals surface area contributed by atoms with Gasteiger partial charge < -0.3 is 4.90 Å². The number of nitriles is 1. The highest BCUT2D eigenvalue weighted by atomic mass is 19.4. The third-order valence-electron chi connectivity index (χ3n) is 1.58. The number of hydrogen-bond acceptors (Lipinski definition) is 3. The topological polar surface area (TPSA) is 56.1 Å². The SMILES string of the molecule is CN(C)C(=O)CC(C#N)NCC(F)(F)F. The molecule has 0 aliphatic heterocycles. The highest BCUT2D eigenvalue weighted by molar-refractivity contribution is 5.76. The molecule has 4 nitrogen and oxygen atoms in total.